The first-order valence-electron chi connectivity index (χ1n) is 9.03. The number of nitrogens with zero attached hydrogens (tertiary/aromatic N) is 2. The fourth-order valence-corrected chi connectivity index (χ4v) is 2.98. The number of carbonyl (C=O) groups excluding carboxylic acids is 1. The van der Waals surface area contributed by atoms with Crippen molar-refractivity contribution in [2.75, 3.05) is 24.7 Å². The average molecular weight is 354 g/mol. The molecule has 0 aromatic heterocycles. The largest absolute Gasteiger partial charge is 0.399 e. The summed E-state index contributed by atoms with van der Waals surface area (Å²) in [6.45, 7) is 7.42. The van der Waals surface area contributed by atoms with Gasteiger partial charge in [-0.05, 0) is 34.7 Å². The van der Waals surface area contributed by atoms with E-state index in [2.05, 4.69) is 37.8 Å². The van der Waals surface area contributed by atoms with Crippen LogP contribution in [0.25, 0.3) is 0 Å². The van der Waals surface area contributed by atoms with Crippen LogP contribution in [0.1, 0.15) is 38.3 Å². The molecule has 2 N–H and O–H groups in total. The highest BCUT2D eigenvalue weighted by Crippen LogP contribution is 2.26. The van der Waals surface area contributed by atoms with E-state index in [1.165, 1.54) is 0 Å². The van der Waals surface area contributed by atoms with Crippen molar-refractivity contribution < 1.29 is 4.79 Å². The summed E-state index contributed by atoms with van der Waals surface area (Å²) in [5.74, 6) is 0.161. The van der Waals surface area contributed by atoms with Crippen molar-refractivity contribution in [3.05, 3.63) is 59.7 Å². The molecule has 4 nitrogen and oxygen atoms in total. The van der Waals surface area contributed by atoms with Crippen molar-refractivity contribution in [1.29, 1.82) is 0 Å². The molecule has 0 heterocycles. The van der Waals surface area contributed by atoms with E-state index in [9.17, 15) is 4.79 Å². The zero-order valence-electron chi connectivity index (χ0n) is 16.6. The van der Waals surface area contributed by atoms with Crippen LogP contribution in [0.2, 0.25) is 0 Å². The topological polar surface area (TPSA) is 49.6 Å². The van der Waals surface area contributed by atoms with Crippen LogP contribution in [-0.2, 0) is 17.9 Å². The smallest absolute Gasteiger partial charge is 0.223 e. The number of nitrogen functional groups attached to an aromatic ring is 1. The van der Waals surface area contributed by atoms with Crippen LogP contribution in [0.3, 0.4) is 0 Å². The second kappa shape index (κ2) is 8.26. The Hall–Kier alpha value is -2.49. The van der Waals surface area contributed by atoms with E-state index >= 15 is 0 Å². The van der Waals surface area contributed by atoms with Gasteiger partial charge in [0.15, 0.2) is 0 Å². The third kappa shape index (κ3) is 5.80. The van der Waals surface area contributed by atoms with Crippen molar-refractivity contribution in [2.24, 2.45) is 5.41 Å². The van der Waals surface area contributed by atoms with Crippen molar-refractivity contribution in [3.8, 4) is 0 Å². The average Bonchev–Trinajstić information content (AvgIpc) is 2.53. The molecule has 26 heavy (non-hydrogen) atoms. The summed E-state index contributed by atoms with van der Waals surface area (Å²) in [5.41, 5.74) is 9.96. The van der Waals surface area contributed by atoms with Crippen LogP contribution >= 0.6 is 0 Å². The van der Waals surface area contributed by atoms with Crippen LogP contribution in [0.5, 0.6) is 0 Å². The van der Waals surface area contributed by atoms with Gasteiger partial charge in [-0.15, -0.1) is 0 Å². The van der Waals surface area contributed by atoms with E-state index < -0.39 is 0 Å². The molecule has 2 aromatic rings. The predicted octanol–water partition coefficient (Wildman–Crippen LogP) is 4.30. The maximum atomic E-state index is 13.0. The number of hydrogen-bond acceptors (Lipinski definition) is 3. The van der Waals surface area contributed by atoms with E-state index in [-0.39, 0.29) is 11.3 Å². The standard InChI is InChI=1S/C22H31N3O/c1-22(2,3)14-21(26)25(15-17-9-7-6-8-10-17)16-18-13-19(23)11-12-20(18)24(4)5/h6-13H,14-16,23H2,1-5H3. The minimum Gasteiger partial charge on any atom is -0.399 e. The summed E-state index contributed by atoms with van der Waals surface area (Å²) in [4.78, 5) is 17.0. The van der Waals surface area contributed by atoms with E-state index in [1.54, 1.807) is 0 Å². The number of hydrogen-bond donors (Lipinski definition) is 1. The van der Waals surface area contributed by atoms with Crippen molar-refractivity contribution in [3.63, 3.8) is 0 Å². The number of rotatable bonds is 6. The molecule has 0 aliphatic carbocycles. The third-order valence-electron chi connectivity index (χ3n) is 4.20. The first-order valence-corrected chi connectivity index (χ1v) is 9.03. The summed E-state index contributed by atoms with van der Waals surface area (Å²) in [6.07, 6.45) is 0.513. The van der Waals surface area contributed by atoms with E-state index in [0.717, 1.165) is 16.8 Å². The predicted molar refractivity (Wildman–Crippen MR) is 110 cm³/mol. The Kier molecular flexibility index (Phi) is 6.30. The molecule has 0 bridgehead atoms. The molecule has 0 spiro atoms. The Balaban J connectivity index is 2.32. The first-order chi connectivity index (χ1) is 12.2. The molecule has 2 rings (SSSR count). The highest BCUT2D eigenvalue weighted by Gasteiger charge is 2.22. The molecule has 140 valence electrons. The zero-order chi connectivity index (χ0) is 19.3. The second-order valence-electron chi connectivity index (χ2n) is 8.26. The van der Waals surface area contributed by atoms with Gasteiger partial charge in [0.25, 0.3) is 0 Å². The van der Waals surface area contributed by atoms with E-state index in [4.69, 9.17) is 5.73 Å². The van der Waals surface area contributed by atoms with Crippen LogP contribution in [0.4, 0.5) is 11.4 Å². The maximum Gasteiger partial charge on any atom is 0.223 e. The molecule has 1 amide bonds. The number of nitrogens with two attached hydrogens (primary N) is 1. The molecule has 0 radical (unpaired) electrons. The molecular weight excluding hydrogens is 322 g/mol. The van der Waals surface area contributed by atoms with Gasteiger partial charge in [-0.3, -0.25) is 4.79 Å². The molecule has 0 saturated heterocycles. The fraction of sp³-hybridized carbons (Fsp3) is 0.409. The maximum absolute atomic E-state index is 13.0. The zero-order valence-corrected chi connectivity index (χ0v) is 16.6. The normalized spacial score (nSPS) is 11.3. The molecule has 0 unspecified atom stereocenters. The third-order valence-corrected chi connectivity index (χ3v) is 4.20. The number of anilines is 2. The molecule has 0 saturated carbocycles. The van der Waals surface area contributed by atoms with E-state index in [1.807, 2.05) is 55.4 Å². The van der Waals surface area contributed by atoms with Crippen molar-refractivity contribution >= 4 is 17.3 Å². The lowest BCUT2D eigenvalue weighted by molar-refractivity contribution is -0.134. The molecule has 0 aliphatic rings. The lowest BCUT2D eigenvalue weighted by Crippen LogP contribution is -2.33. The SMILES string of the molecule is CN(C)c1ccc(N)cc1CN(Cc1ccccc1)C(=O)CC(C)(C)C. The van der Waals surface area contributed by atoms with Gasteiger partial charge in [0.1, 0.15) is 0 Å². The molecule has 4 heteroatoms. The van der Waals surface area contributed by atoms with Gasteiger partial charge in [-0.1, -0.05) is 51.1 Å². The van der Waals surface area contributed by atoms with Gasteiger partial charge >= 0.3 is 0 Å². The van der Waals surface area contributed by atoms with Crippen LogP contribution < -0.4 is 10.6 Å². The van der Waals surface area contributed by atoms with Gasteiger partial charge in [0.05, 0.1) is 0 Å². The van der Waals surface area contributed by atoms with Gasteiger partial charge in [0.2, 0.25) is 5.91 Å². The molecule has 0 aliphatic heterocycles. The molecule has 0 atom stereocenters. The van der Waals surface area contributed by atoms with Gasteiger partial charge in [-0.2, -0.15) is 0 Å². The molecular formula is C22H31N3O. The lowest BCUT2D eigenvalue weighted by atomic mass is 9.91. The first kappa shape index (κ1) is 19.8. The summed E-state index contributed by atoms with van der Waals surface area (Å²) >= 11 is 0. The Bertz CT molecular complexity index is 733. The second-order valence-corrected chi connectivity index (χ2v) is 8.26. The van der Waals surface area contributed by atoms with Gasteiger partial charge < -0.3 is 15.5 Å². The highest BCUT2D eigenvalue weighted by molar-refractivity contribution is 5.77. The lowest BCUT2D eigenvalue weighted by Gasteiger charge is -2.29. The molecule has 0 fully saturated rings. The Labute approximate surface area is 157 Å². The van der Waals surface area contributed by atoms with Crippen LogP contribution in [0, 0.1) is 5.41 Å². The number of benzene rings is 2. The van der Waals surface area contributed by atoms with E-state index in [0.29, 0.717) is 25.2 Å². The Morgan fingerprint density at radius 1 is 1.00 bits per heavy atom. The van der Waals surface area contributed by atoms with Crippen molar-refractivity contribution in [2.45, 2.75) is 40.3 Å². The minimum atomic E-state index is -0.0495. The summed E-state index contributed by atoms with van der Waals surface area (Å²) in [5, 5.41) is 0. The van der Waals surface area contributed by atoms with Gasteiger partial charge in [0, 0.05) is 45.0 Å². The summed E-state index contributed by atoms with van der Waals surface area (Å²) < 4.78 is 0. The van der Waals surface area contributed by atoms with Gasteiger partial charge in [-0.25, -0.2) is 0 Å². The minimum absolute atomic E-state index is 0.0495. The number of amides is 1. The van der Waals surface area contributed by atoms with Crippen LogP contribution in [-0.4, -0.2) is 24.9 Å². The molecule has 2 aromatic carbocycles. The monoisotopic (exact) mass is 353 g/mol. The summed E-state index contributed by atoms with van der Waals surface area (Å²) in [6, 6.07) is 16.0. The fourth-order valence-electron chi connectivity index (χ4n) is 2.98. The van der Waals surface area contributed by atoms with Crippen molar-refractivity contribution in [1.82, 2.24) is 4.90 Å². The number of carbonyl (C=O) groups is 1. The highest BCUT2D eigenvalue weighted by atomic mass is 16.2. The summed E-state index contributed by atoms with van der Waals surface area (Å²) in [7, 11) is 4.01. The Morgan fingerprint density at radius 2 is 1.65 bits per heavy atom. The van der Waals surface area contributed by atoms with Crippen LogP contribution in [0.15, 0.2) is 48.5 Å². The Morgan fingerprint density at radius 3 is 2.23 bits per heavy atom. The quantitative estimate of drug-likeness (QED) is 0.788.